The molecule has 8 heteroatoms. The molecule has 4 rings (SSSR count). The number of likely N-dealkylation sites (tertiary alicyclic amines) is 1. The lowest BCUT2D eigenvalue weighted by Gasteiger charge is -2.31. The number of sulfone groups is 1. The van der Waals surface area contributed by atoms with E-state index in [1.807, 2.05) is 0 Å². The zero-order valence-corrected chi connectivity index (χ0v) is 17.3. The lowest BCUT2D eigenvalue weighted by molar-refractivity contribution is 0.0714. The Morgan fingerprint density at radius 1 is 1.03 bits per heavy atom. The molecule has 1 fully saturated rings. The number of amides is 1. The summed E-state index contributed by atoms with van der Waals surface area (Å²) in [7, 11) is -1.72. The molecule has 1 aliphatic rings. The standard InChI is InChI=1S/C22H22FN3O3S/c1-25-21(15-20(24-25)16-7-9-17(23)10-8-16)22(27)26-13-11-19(12-14-26)30(28,29)18-5-3-2-4-6-18/h2-10,15,19H,11-14H2,1H3. The zero-order chi connectivity index (χ0) is 21.3. The lowest BCUT2D eigenvalue weighted by atomic mass is 10.1. The number of carbonyl (C=O) groups is 1. The molecule has 0 N–H and O–H groups in total. The predicted molar refractivity (Wildman–Crippen MR) is 111 cm³/mol. The molecule has 0 radical (unpaired) electrons. The fourth-order valence-corrected chi connectivity index (χ4v) is 5.52. The molecule has 0 aliphatic carbocycles. The Labute approximate surface area is 174 Å². The molecule has 0 atom stereocenters. The van der Waals surface area contributed by atoms with Crippen molar-refractivity contribution >= 4 is 15.7 Å². The lowest BCUT2D eigenvalue weighted by Crippen LogP contribution is -2.43. The minimum atomic E-state index is -3.41. The fraction of sp³-hybridized carbons (Fsp3) is 0.273. The molecule has 2 heterocycles. The summed E-state index contributed by atoms with van der Waals surface area (Å²) >= 11 is 0. The second-order valence-corrected chi connectivity index (χ2v) is 9.62. The number of nitrogens with zero attached hydrogens (tertiary/aromatic N) is 3. The first-order chi connectivity index (χ1) is 14.4. The molecule has 6 nitrogen and oxygen atoms in total. The average Bonchev–Trinajstić information content (AvgIpc) is 3.16. The van der Waals surface area contributed by atoms with Crippen LogP contribution in [-0.4, -0.2) is 47.3 Å². The number of benzene rings is 2. The van der Waals surface area contributed by atoms with Crippen molar-refractivity contribution in [2.24, 2.45) is 7.05 Å². The van der Waals surface area contributed by atoms with Gasteiger partial charge < -0.3 is 4.90 Å². The van der Waals surface area contributed by atoms with E-state index in [-0.39, 0.29) is 11.7 Å². The largest absolute Gasteiger partial charge is 0.337 e. The van der Waals surface area contributed by atoms with Gasteiger partial charge in [0, 0.05) is 25.7 Å². The molecule has 0 spiro atoms. The van der Waals surface area contributed by atoms with E-state index in [1.165, 1.54) is 16.8 Å². The zero-order valence-electron chi connectivity index (χ0n) is 16.5. The number of hydrogen-bond acceptors (Lipinski definition) is 4. The van der Waals surface area contributed by atoms with Gasteiger partial charge in [0.2, 0.25) is 0 Å². The van der Waals surface area contributed by atoms with Gasteiger partial charge in [-0.25, -0.2) is 12.8 Å². The molecule has 1 aromatic heterocycles. The van der Waals surface area contributed by atoms with Crippen LogP contribution in [0.1, 0.15) is 23.3 Å². The number of aromatic nitrogens is 2. The maximum absolute atomic E-state index is 13.2. The normalized spacial score (nSPS) is 15.3. The van der Waals surface area contributed by atoms with Gasteiger partial charge in [0.05, 0.1) is 15.8 Å². The minimum absolute atomic E-state index is 0.186. The van der Waals surface area contributed by atoms with Crippen molar-refractivity contribution in [2.45, 2.75) is 23.0 Å². The van der Waals surface area contributed by atoms with Crippen LogP contribution < -0.4 is 0 Å². The van der Waals surface area contributed by atoms with Crippen LogP contribution in [0.25, 0.3) is 11.3 Å². The Hall–Kier alpha value is -3.00. The molecule has 3 aromatic rings. The summed E-state index contributed by atoms with van der Waals surface area (Å²) in [5.74, 6) is -0.520. The number of rotatable bonds is 4. The third kappa shape index (κ3) is 3.87. The van der Waals surface area contributed by atoms with Gasteiger partial charge in [-0.3, -0.25) is 9.48 Å². The smallest absolute Gasteiger partial charge is 0.272 e. The summed E-state index contributed by atoms with van der Waals surface area (Å²) < 4.78 is 40.3. The van der Waals surface area contributed by atoms with E-state index in [2.05, 4.69) is 5.10 Å². The molecule has 1 saturated heterocycles. The molecule has 156 valence electrons. The molecule has 1 aliphatic heterocycles. The van der Waals surface area contributed by atoms with Crippen molar-refractivity contribution in [1.29, 1.82) is 0 Å². The van der Waals surface area contributed by atoms with Crippen LogP contribution >= 0.6 is 0 Å². The van der Waals surface area contributed by atoms with Crippen molar-refractivity contribution in [3.63, 3.8) is 0 Å². The van der Waals surface area contributed by atoms with E-state index in [4.69, 9.17) is 0 Å². The molecular formula is C22H22FN3O3S. The number of halogens is 1. The Morgan fingerprint density at radius 2 is 1.67 bits per heavy atom. The van der Waals surface area contributed by atoms with Crippen molar-refractivity contribution in [2.75, 3.05) is 13.1 Å². The second kappa shape index (κ2) is 8.02. The van der Waals surface area contributed by atoms with Gasteiger partial charge >= 0.3 is 0 Å². The molecule has 1 amide bonds. The second-order valence-electron chi connectivity index (χ2n) is 7.39. The van der Waals surface area contributed by atoms with E-state index in [0.717, 1.165) is 5.56 Å². The number of hydrogen-bond donors (Lipinski definition) is 0. The summed E-state index contributed by atoms with van der Waals surface area (Å²) in [5.41, 5.74) is 1.72. The monoisotopic (exact) mass is 427 g/mol. The number of carbonyl (C=O) groups excluding carboxylic acids is 1. The minimum Gasteiger partial charge on any atom is -0.337 e. The van der Waals surface area contributed by atoms with Crippen molar-refractivity contribution in [3.05, 3.63) is 72.2 Å². The van der Waals surface area contributed by atoms with Crippen molar-refractivity contribution < 1.29 is 17.6 Å². The SMILES string of the molecule is Cn1nc(-c2ccc(F)cc2)cc1C(=O)N1CCC(S(=O)(=O)c2ccccc2)CC1. The van der Waals surface area contributed by atoms with Gasteiger partial charge in [0.25, 0.3) is 5.91 Å². The quantitative estimate of drug-likeness (QED) is 0.641. The highest BCUT2D eigenvalue weighted by molar-refractivity contribution is 7.92. The van der Waals surface area contributed by atoms with Crippen LogP contribution in [0.5, 0.6) is 0 Å². The molecule has 0 unspecified atom stereocenters. The van der Waals surface area contributed by atoms with Crippen LogP contribution in [0.15, 0.2) is 65.6 Å². The maximum atomic E-state index is 13.2. The fourth-order valence-electron chi connectivity index (χ4n) is 3.76. The van der Waals surface area contributed by atoms with Crippen molar-refractivity contribution in [3.8, 4) is 11.3 Å². The first kappa shape index (κ1) is 20.3. The van der Waals surface area contributed by atoms with Gasteiger partial charge in [0.15, 0.2) is 9.84 Å². The summed E-state index contributed by atoms with van der Waals surface area (Å²) in [6.07, 6.45) is 0.789. The molecule has 0 saturated carbocycles. The summed E-state index contributed by atoms with van der Waals surface area (Å²) in [5, 5.41) is 3.88. The Bertz CT molecular complexity index is 1150. The molecule has 30 heavy (non-hydrogen) atoms. The van der Waals surface area contributed by atoms with Crippen LogP contribution in [0, 0.1) is 5.82 Å². The third-order valence-corrected chi connectivity index (χ3v) is 7.76. The van der Waals surface area contributed by atoms with Gasteiger partial charge in [-0.1, -0.05) is 18.2 Å². The van der Waals surface area contributed by atoms with Crippen LogP contribution in [0.3, 0.4) is 0 Å². The molecular weight excluding hydrogens is 405 g/mol. The molecule has 2 aromatic carbocycles. The van der Waals surface area contributed by atoms with Gasteiger partial charge in [0.1, 0.15) is 11.5 Å². The summed E-state index contributed by atoms with van der Waals surface area (Å²) in [6, 6.07) is 16.1. The van der Waals surface area contributed by atoms with E-state index >= 15 is 0 Å². The first-order valence-electron chi connectivity index (χ1n) is 9.74. The van der Waals surface area contributed by atoms with E-state index < -0.39 is 15.1 Å². The van der Waals surface area contributed by atoms with Crippen LogP contribution in [-0.2, 0) is 16.9 Å². The number of aryl methyl sites for hydroxylation is 1. The van der Waals surface area contributed by atoms with Crippen molar-refractivity contribution in [1.82, 2.24) is 14.7 Å². The predicted octanol–water partition coefficient (Wildman–Crippen LogP) is 3.30. The topological polar surface area (TPSA) is 72.3 Å². The van der Waals surface area contributed by atoms with Gasteiger partial charge in [-0.15, -0.1) is 0 Å². The Balaban J connectivity index is 1.47. The first-order valence-corrected chi connectivity index (χ1v) is 11.3. The van der Waals surface area contributed by atoms with Gasteiger partial charge in [-0.05, 0) is 55.3 Å². The highest BCUT2D eigenvalue weighted by Gasteiger charge is 2.33. The Morgan fingerprint density at radius 3 is 2.30 bits per heavy atom. The van der Waals surface area contributed by atoms with E-state index in [0.29, 0.717) is 42.2 Å². The number of piperidine rings is 1. The Kier molecular flexibility index (Phi) is 5.42. The summed E-state index contributed by atoms with van der Waals surface area (Å²) in [6.45, 7) is 0.735. The maximum Gasteiger partial charge on any atom is 0.272 e. The van der Waals surface area contributed by atoms with E-state index in [9.17, 15) is 17.6 Å². The van der Waals surface area contributed by atoms with E-state index in [1.54, 1.807) is 60.5 Å². The van der Waals surface area contributed by atoms with Gasteiger partial charge in [-0.2, -0.15) is 5.10 Å². The third-order valence-electron chi connectivity index (χ3n) is 5.48. The highest BCUT2D eigenvalue weighted by Crippen LogP contribution is 2.26. The highest BCUT2D eigenvalue weighted by atomic mass is 32.2. The average molecular weight is 428 g/mol. The van der Waals surface area contributed by atoms with Crippen LogP contribution in [0.2, 0.25) is 0 Å². The molecule has 0 bridgehead atoms. The summed E-state index contributed by atoms with van der Waals surface area (Å²) in [4.78, 5) is 15.0. The van der Waals surface area contributed by atoms with Crippen LogP contribution in [0.4, 0.5) is 4.39 Å².